The van der Waals surface area contributed by atoms with E-state index in [0.717, 1.165) is 0 Å². The number of amides is 1. The van der Waals surface area contributed by atoms with Crippen molar-refractivity contribution in [2.75, 3.05) is 40.0 Å². The van der Waals surface area contributed by atoms with Gasteiger partial charge >= 0.3 is 24.0 Å². The summed E-state index contributed by atoms with van der Waals surface area (Å²) in [5.74, 6) is -5.03. The number of carbonyl (C=O) groups excluding carboxylic acids is 5. The maximum Gasteiger partial charge on any atom is 0.408 e. The molecular formula is C51H68N2O13. The summed E-state index contributed by atoms with van der Waals surface area (Å²) in [5, 5.41) is 28.6. The molecule has 1 aliphatic heterocycles. The molecule has 1 amide bonds. The Morgan fingerprint density at radius 1 is 0.970 bits per heavy atom. The zero-order chi connectivity index (χ0) is 48.0. The highest BCUT2D eigenvalue weighted by atomic mass is 16.6. The van der Waals surface area contributed by atoms with Crippen molar-refractivity contribution in [1.82, 2.24) is 10.2 Å². The third-order valence-electron chi connectivity index (χ3n) is 15.4. The molecule has 7 rings (SSSR count). The van der Waals surface area contributed by atoms with Gasteiger partial charge in [0.1, 0.15) is 34.8 Å². The molecule has 3 saturated carbocycles. The van der Waals surface area contributed by atoms with Gasteiger partial charge in [-0.25, -0.2) is 14.4 Å². The second kappa shape index (κ2) is 18.8. The predicted molar refractivity (Wildman–Crippen MR) is 241 cm³/mol. The van der Waals surface area contributed by atoms with Crippen LogP contribution in [0.4, 0.5) is 4.79 Å². The molecule has 0 radical (unpaired) electrons. The number of rotatable bonds is 12. The smallest absolute Gasteiger partial charge is 0.408 e. The van der Waals surface area contributed by atoms with Gasteiger partial charge in [0.25, 0.3) is 0 Å². The molecule has 4 fully saturated rings. The predicted octanol–water partition coefficient (Wildman–Crippen LogP) is 5.90. The molecule has 15 heteroatoms. The maximum absolute atomic E-state index is 16.3. The molecule has 2 aromatic carbocycles. The quantitative estimate of drug-likeness (QED) is 0.129. The minimum Gasteiger partial charge on any atom is -0.458 e. The highest BCUT2D eigenvalue weighted by Gasteiger charge is 2.77. The van der Waals surface area contributed by atoms with Crippen LogP contribution in [-0.4, -0.2) is 126 Å². The normalized spacial score (nSPS) is 32.7. The van der Waals surface area contributed by atoms with Gasteiger partial charge in [-0.15, -0.1) is 0 Å². The van der Waals surface area contributed by atoms with Crippen molar-refractivity contribution in [3.63, 3.8) is 0 Å². The Labute approximate surface area is 387 Å². The zero-order valence-corrected chi connectivity index (χ0v) is 39.8. The first kappa shape index (κ1) is 49.2. The first-order valence-corrected chi connectivity index (χ1v) is 23.3. The number of methoxy groups -OCH3 is 1. The number of carbonyl (C=O) groups is 5. The Bertz CT molecular complexity index is 2170. The Morgan fingerprint density at radius 2 is 1.61 bits per heavy atom. The van der Waals surface area contributed by atoms with Gasteiger partial charge in [0, 0.05) is 50.8 Å². The summed E-state index contributed by atoms with van der Waals surface area (Å²) in [4.78, 5) is 74.1. The van der Waals surface area contributed by atoms with Crippen molar-refractivity contribution in [3.8, 4) is 0 Å². The molecule has 0 spiro atoms. The first-order valence-electron chi connectivity index (χ1n) is 23.3. The topological polar surface area (TPSA) is 196 Å². The molecule has 0 unspecified atom stereocenters. The van der Waals surface area contributed by atoms with E-state index < -0.39 is 93.9 Å². The van der Waals surface area contributed by atoms with E-state index in [0.29, 0.717) is 75.2 Å². The van der Waals surface area contributed by atoms with Gasteiger partial charge in [-0.3, -0.25) is 14.5 Å². The van der Waals surface area contributed by atoms with Crippen LogP contribution in [0.3, 0.4) is 0 Å². The number of aliphatic hydroxyl groups is 2. The summed E-state index contributed by atoms with van der Waals surface area (Å²) in [6, 6.07) is 15.5. The van der Waals surface area contributed by atoms with Crippen LogP contribution >= 0.6 is 0 Å². The van der Waals surface area contributed by atoms with E-state index in [-0.39, 0.29) is 23.7 Å². The van der Waals surface area contributed by atoms with Crippen molar-refractivity contribution in [2.45, 2.75) is 135 Å². The van der Waals surface area contributed by atoms with E-state index in [4.69, 9.17) is 28.4 Å². The lowest BCUT2D eigenvalue weighted by molar-refractivity contribution is -0.297. The fourth-order valence-electron chi connectivity index (χ4n) is 12.1. The highest BCUT2D eigenvalue weighted by Crippen LogP contribution is 2.68. The third kappa shape index (κ3) is 8.93. The number of alkyl carbamates (subject to hydrolysis) is 1. The number of aliphatic hydroxyl groups excluding tert-OH is 1. The van der Waals surface area contributed by atoms with Crippen LogP contribution in [0.25, 0.3) is 0 Å². The molecule has 11 atom stereocenters. The van der Waals surface area contributed by atoms with Crippen LogP contribution in [0.1, 0.15) is 109 Å². The first-order chi connectivity index (χ1) is 31.1. The molecule has 66 heavy (non-hydrogen) atoms. The largest absolute Gasteiger partial charge is 0.458 e. The average molecular weight is 917 g/mol. The molecule has 1 saturated heterocycles. The number of ketones is 1. The Morgan fingerprint density at radius 3 is 2.18 bits per heavy atom. The van der Waals surface area contributed by atoms with Crippen LogP contribution < -0.4 is 5.32 Å². The molecule has 0 aromatic heterocycles. The fraction of sp³-hybridized carbons (Fsp3) is 0.627. The second-order valence-corrected chi connectivity index (χ2v) is 20.6. The average Bonchev–Trinajstić information content (AvgIpc) is 3.26. The van der Waals surface area contributed by atoms with Crippen LogP contribution in [-0.2, 0) is 42.8 Å². The minimum atomic E-state index is -2.12. The number of hydrogen-bond acceptors (Lipinski definition) is 14. The molecule has 2 aromatic rings. The molecule has 2 bridgehead atoms. The molecule has 1 heterocycles. The lowest BCUT2D eigenvalue weighted by Crippen LogP contribution is -2.78. The van der Waals surface area contributed by atoms with E-state index in [1.54, 1.807) is 95.5 Å². The molecule has 15 nitrogen and oxygen atoms in total. The minimum absolute atomic E-state index is 0.196. The van der Waals surface area contributed by atoms with Gasteiger partial charge in [0.2, 0.25) is 0 Å². The van der Waals surface area contributed by atoms with Crippen molar-refractivity contribution >= 4 is 29.8 Å². The van der Waals surface area contributed by atoms with E-state index >= 15 is 4.79 Å². The van der Waals surface area contributed by atoms with Gasteiger partial charge in [0.15, 0.2) is 6.10 Å². The van der Waals surface area contributed by atoms with Gasteiger partial charge < -0.3 is 44.0 Å². The van der Waals surface area contributed by atoms with Crippen LogP contribution in [0, 0.1) is 28.6 Å². The van der Waals surface area contributed by atoms with E-state index in [9.17, 15) is 29.4 Å². The Kier molecular flexibility index (Phi) is 14.0. The number of ether oxygens (including phenoxy) is 6. The molecule has 360 valence electrons. The third-order valence-corrected chi connectivity index (χ3v) is 15.4. The van der Waals surface area contributed by atoms with Gasteiger partial charge in [-0.1, -0.05) is 62.4 Å². The van der Waals surface area contributed by atoms with Crippen LogP contribution in [0.15, 0.2) is 71.8 Å². The number of fused-ring (bicyclic) bond motifs is 5. The van der Waals surface area contributed by atoms with E-state index in [1.165, 1.54) is 6.92 Å². The number of esters is 3. The summed E-state index contributed by atoms with van der Waals surface area (Å²) in [6.07, 6.45) is -5.06. The van der Waals surface area contributed by atoms with Crippen LogP contribution in [0.2, 0.25) is 0 Å². The van der Waals surface area contributed by atoms with Gasteiger partial charge in [-0.2, -0.15) is 0 Å². The second-order valence-electron chi connectivity index (χ2n) is 20.6. The van der Waals surface area contributed by atoms with E-state index in [2.05, 4.69) is 10.2 Å². The lowest BCUT2D eigenvalue weighted by atomic mass is 9.40. The van der Waals surface area contributed by atoms with Crippen molar-refractivity contribution < 1.29 is 62.6 Å². The van der Waals surface area contributed by atoms with E-state index in [1.807, 2.05) is 20.8 Å². The number of nitrogens with zero attached hydrogens (tertiary/aromatic N) is 1. The van der Waals surface area contributed by atoms with Gasteiger partial charge in [-0.05, 0) is 95.7 Å². The summed E-state index contributed by atoms with van der Waals surface area (Å²) >= 11 is 0. The Balaban J connectivity index is 1.40. The van der Waals surface area contributed by atoms with Crippen molar-refractivity contribution in [2.24, 2.45) is 28.6 Å². The number of morpholine rings is 1. The van der Waals surface area contributed by atoms with Crippen molar-refractivity contribution in [3.05, 3.63) is 82.9 Å². The molecule has 3 N–H and O–H groups in total. The van der Waals surface area contributed by atoms with Gasteiger partial charge in [0.05, 0.1) is 42.3 Å². The van der Waals surface area contributed by atoms with Crippen LogP contribution in [0.5, 0.6) is 0 Å². The SMILES string of the molecule is CO[C@H]1C[C@H]2CC[C@@]2(OC(C)=O)[C@H]2[C@H](OC(=O)c3ccccc3)[C@]3(O)C[C@H](OC(=O)[C@H](O)[C@@H](NC(=O)OC(C)(C)C)c4ccccc4)C(C)=C([C@@H](CCN4CCOCC4)C(=O)[C@]12C)C3(C)C. The zero-order valence-electron chi connectivity index (χ0n) is 39.8. The fourth-order valence-corrected chi connectivity index (χ4v) is 12.1. The monoisotopic (exact) mass is 916 g/mol. The highest BCUT2D eigenvalue weighted by molar-refractivity contribution is 5.93. The number of hydrogen-bond donors (Lipinski definition) is 3. The number of nitrogens with one attached hydrogen (secondary N) is 1. The standard InChI is InChI=1S/C51H68N2O13/c1-30-36(63-45(58)40(55)39(32-16-12-10-13-17-32)52-46(59)66-47(3,4)5)29-51(60)43(64-44(57)33-18-14-11-15-19-33)41-49(8,37(61-9)28-34-20-22-50(34,41)65-31(2)54)42(56)35(38(30)48(51,6)7)21-23-53-24-26-62-27-25-53/h10-19,34-37,39-41,43,55,60H,20-29H2,1-9H3,(H,52,59)/t34-,35-,36+,37+,39+,40-,41+,43+,49-,50+,51-/m1/s1. The summed E-state index contributed by atoms with van der Waals surface area (Å²) < 4.78 is 36.9. The molecular weight excluding hydrogens is 849 g/mol. The number of Topliss-reactive ketones (excluding diaryl/α,β-unsaturated/α-hetero) is 1. The molecule has 5 aliphatic rings. The molecule has 4 aliphatic carbocycles. The number of benzene rings is 2. The maximum atomic E-state index is 16.3. The van der Waals surface area contributed by atoms with Crippen molar-refractivity contribution in [1.29, 1.82) is 0 Å². The lowest BCUT2D eigenvalue weighted by Gasteiger charge is -2.68. The summed E-state index contributed by atoms with van der Waals surface area (Å²) in [5.41, 5.74) is -5.60. The Hall–Kier alpha value is -4.67. The summed E-state index contributed by atoms with van der Waals surface area (Å²) in [6.45, 7) is 16.5. The summed E-state index contributed by atoms with van der Waals surface area (Å²) in [7, 11) is 1.55.